The predicted octanol–water partition coefficient (Wildman–Crippen LogP) is 8.16. The first-order chi connectivity index (χ1) is 17.0. The molecule has 0 spiro atoms. The van der Waals surface area contributed by atoms with Gasteiger partial charge in [0.2, 0.25) is 0 Å². The normalized spacial score (nSPS) is 11.4. The minimum atomic E-state index is -4.49. The van der Waals surface area contributed by atoms with E-state index in [0.29, 0.717) is 22.9 Å². The molecular formula is C31H20F3N. The summed E-state index contributed by atoms with van der Waals surface area (Å²) in [5.74, 6) is 2.65. The molecule has 3 aromatic carbocycles. The monoisotopic (exact) mass is 463 g/mol. The van der Waals surface area contributed by atoms with E-state index in [9.17, 15) is 13.2 Å². The first kappa shape index (κ1) is 22.4. The number of para-hydroxylation sites is 1. The van der Waals surface area contributed by atoms with Gasteiger partial charge in [0.15, 0.2) is 0 Å². The lowest BCUT2D eigenvalue weighted by atomic mass is 9.89. The molecule has 4 heteroatoms. The molecule has 0 saturated heterocycles. The molecule has 35 heavy (non-hydrogen) atoms. The highest BCUT2D eigenvalue weighted by Gasteiger charge is 2.33. The maximum atomic E-state index is 13.6. The maximum absolute atomic E-state index is 13.6. The number of rotatable bonds is 3. The van der Waals surface area contributed by atoms with Crippen LogP contribution in [-0.4, -0.2) is 4.98 Å². The van der Waals surface area contributed by atoms with Crippen LogP contribution in [0.1, 0.15) is 22.3 Å². The molecule has 0 fully saturated rings. The lowest BCUT2D eigenvalue weighted by Gasteiger charge is -2.17. The molecule has 0 unspecified atom stereocenters. The number of nitrogens with zero attached hydrogens (tertiary/aromatic N) is 1. The highest BCUT2D eigenvalue weighted by Crippen LogP contribution is 2.39. The van der Waals surface area contributed by atoms with Gasteiger partial charge in [-0.2, -0.15) is 13.2 Å². The second kappa shape index (κ2) is 9.12. The third kappa shape index (κ3) is 4.67. The summed E-state index contributed by atoms with van der Waals surface area (Å²) < 4.78 is 40.7. The Labute approximate surface area is 201 Å². The Morgan fingerprint density at radius 1 is 0.771 bits per heavy atom. The van der Waals surface area contributed by atoms with E-state index in [-0.39, 0.29) is 5.52 Å². The van der Waals surface area contributed by atoms with Crippen LogP contribution in [0.25, 0.3) is 33.2 Å². The number of terminal acetylenes is 1. The van der Waals surface area contributed by atoms with Crippen LogP contribution < -0.4 is 0 Å². The van der Waals surface area contributed by atoms with Crippen molar-refractivity contribution < 1.29 is 13.2 Å². The average molecular weight is 464 g/mol. The van der Waals surface area contributed by atoms with Gasteiger partial charge in [-0.15, -0.1) is 6.42 Å². The number of benzene rings is 4. The van der Waals surface area contributed by atoms with Crippen molar-refractivity contribution >= 4 is 10.9 Å². The molecule has 6 rings (SSSR count). The zero-order chi connectivity index (χ0) is 24.4. The van der Waals surface area contributed by atoms with Gasteiger partial charge in [0, 0.05) is 17.1 Å². The number of pyridine rings is 1. The van der Waals surface area contributed by atoms with E-state index in [1.165, 1.54) is 23.4 Å². The average Bonchev–Trinajstić information content (AvgIpc) is 3.47. The van der Waals surface area contributed by atoms with Crippen LogP contribution in [-0.2, 0) is 12.6 Å². The largest absolute Gasteiger partial charge is 0.418 e. The van der Waals surface area contributed by atoms with Crippen molar-refractivity contribution in [2.75, 3.05) is 0 Å². The van der Waals surface area contributed by atoms with E-state index in [0.717, 1.165) is 22.8 Å². The van der Waals surface area contributed by atoms with Gasteiger partial charge in [0.25, 0.3) is 0 Å². The van der Waals surface area contributed by atoms with Crippen molar-refractivity contribution in [1.82, 2.24) is 4.98 Å². The Kier molecular flexibility index (Phi) is 5.84. The van der Waals surface area contributed by atoms with Crippen LogP contribution in [0, 0.1) is 12.3 Å². The molecule has 0 atom stereocenters. The summed E-state index contributed by atoms with van der Waals surface area (Å²) in [7, 11) is 0. The third-order valence-corrected chi connectivity index (χ3v) is 5.98. The van der Waals surface area contributed by atoms with Gasteiger partial charge in [-0.1, -0.05) is 84.8 Å². The van der Waals surface area contributed by atoms with E-state index in [1.54, 1.807) is 12.1 Å². The van der Waals surface area contributed by atoms with E-state index in [2.05, 4.69) is 35.2 Å². The minimum Gasteiger partial charge on any atom is -0.255 e. The summed E-state index contributed by atoms with van der Waals surface area (Å²) in [6, 6.07) is 29.7. The predicted molar refractivity (Wildman–Crippen MR) is 135 cm³/mol. The van der Waals surface area contributed by atoms with E-state index >= 15 is 0 Å². The fraction of sp³-hybridized carbons (Fsp3) is 0.0645. The quantitative estimate of drug-likeness (QED) is 0.241. The molecule has 2 aliphatic rings. The summed E-state index contributed by atoms with van der Waals surface area (Å²) in [5, 5.41) is 0.441. The van der Waals surface area contributed by atoms with Gasteiger partial charge in [-0.25, -0.2) is 0 Å². The molecule has 1 nitrogen and oxygen atoms in total. The van der Waals surface area contributed by atoms with Crippen molar-refractivity contribution in [3.8, 4) is 34.6 Å². The van der Waals surface area contributed by atoms with Crippen LogP contribution >= 0.6 is 0 Å². The van der Waals surface area contributed by atoms with Crippen molar-refractivity contribution in [2.45, 2.75) is 12.6 Å². The fourth-order valence-corrected chi connectivity index (χ4v) is 4.26. The first-order valence-electron chi connectivity index (χ1n) is 11.1. The number of fused-ring (bicyclic) bond motifs is 2. The molecule has 0 bridgehead atoms. The fourth-order valence-electron chi connectivity index (χ4n) is 4.26. The van der Waals surface area contributed by atoms with E-state index in [1.807, 2.05) is 48.5 Å². The Balaban J connectivity index is 0.000000362. The lowest BCUT2D eigenvalue weighted by molar-refractivity contribution is -0.136. The van der Waals surface area contributed by atoms with Gasteiger partial charge >= 0.3 is 6.18 Å². The molecule has 1 aromatic heterocycles. The molecule has 0 aliphatic heterocycles. The summed E-state index contributed by atoms with van der Waals surface area (Å²) in [6.45, 7) is 0. The first-order valence-corrected chi connectivity index (χ1v) is 11.1. The Hall–Kier alpha value is -4.36. The van der Waals surface area contributed by atoms with Crippen LogP contribution in [0.3, 0.4) is 0 Å². The number of aromatic nitrogens is 1. The lowest BCUT2D eigenvalue weighted by Crippen LogP contribution is -2.07. The van der Waals surface area contributed by atoms with Crippen molar-refractivity contribution in [2.24, 2.45) is 0 Å². The highest BCUT2D eigenvalue weighted by molar-refractivity contribution is 5.99. The molecule has 170 valence electrons. The van der Waals surface area contributed by atoms with Gasteiger partial charge in [-0.3, -0.25) is 4.98 Å². The SMILES string of the molecule is C#Cc1ccccc1-c1c(Cc2ccccc2)cnc2c(C(F)(F)F)cccc12.c1cc2cc-2c1. The number of hydrogen-bond donors (Lipinski definition) is 0. The molecule has 4 aromatic rings. The van der Waals surface area contributed by atoms with Crippen LogP contribution in [0.5, 0.6) is 0 Å². The summed E-state index contributed by atoms with van der Waals surface area (Å²) in [5.41, 5.74) is 5.95. The smallest absolute Gasteiger partial charge is 0.255 e. The van der Waals surface area contributed by atoms with Crippen LogP contribution in [0.2, 0.25) is 0 Å². The summed E-state index contributed by atoms with van der Waals surface area (Å²) in [6.07, 6.45) is 3.27. The zero-order valence-corrected chi connectivity index (χ0v) is 18.7. The zero-order valence-electron chi connectivity index (χ0n) is 18.7. The molecule has 0 saturated carbocycles. The molecule has 0 N–H and O–H groups in total. The standard InChI is InChI=1S/C25H16F3N.C6H4/c1-2-18-11-6-7-12-20(18)23-19(15-17-9-4-3-5-10-17)16-29-24-21(23)13-8-14-22(24)25(26,27)28;1-2-5-4-6(5)3-1/h1,3-14,16H,15H2;1-4H. The Morgan fingerprint density at radius 2 is 1.46 bits per heavy atom. The highest BCUT2D eigenvalue weighted by atomic mass is 19.4. The summed E-state index contributed by atoms with van der Waals surface area (Å²) in [4.78, 5) is 4.21. The van der Waals surface area contributed by atoms with Crippen molar-refractivity contribution in [3.05, 3.63) is 126 Å². The second-order valence-electron chi connectivity index (χ2n) is 8.29. The number of hydrogen-bond acceptors (Lipinski definition) is 1. The molecule has 1 heterocycles. The van der Waals surface area contributed by atoms with Crippen LogP contribution in [0.15, 0.2) is 103 Å². The number of halogens is 3. The third-order valence-electron chi connectivity index (χ3n) is 5.98. The molecule has 0 radical (unpaired) electrons. The maximum Gasteiger partial charge on any atom is 0.418 e. The number of alkyl halides is 3. The van der Waals surface area contributed by atoms with Crippen LogP contribution in [0.4, 0.5) is 13.2 Å². The van der Waals surface area contributed by atoms with Gasteiger partial charge < -0.3 is 0 Å². The second-order valence-corrected chi connectivity index (χ2v) is 8.29. The van der Waals surface area contributed by atoms with Crippen molar-refractivity contribution in [1.29, 1.82) is 0 Å². The topological polar surface area (TPSA) is 12.9 Å². The van der Waals surface area contributed by atoms with Crippen molar-refractivity contribution in [3.63, 3.8) is 0 Å². The Morgan fingerprint density at radius 3 is 2.09 bits per heavy atom. The minimum absolute atomic E-state index is 0.0707. The van der Waals surface area contributed by atoms with Gasteiger partial charge in [0.05, 0.1) is 11.1 Å². The Bertz CT molecular complexity index is 1540. The molecular weight excluding hydrogens is 443 g/mol. The molecule has 0 amide bonds. The van der Waals surface area contributed by atoms with E-state index in [4.69, 9.17) is 6.42 Å². The van der Waals surface area contributed by atoms with E-state index < -0.39 is 11.7 Å². The van der Waals surface area contributed by atoms with Gasteiger partial charge in [-0.05, 0) is 58.0 Å². The van der Waals surface area contributed by atoms with Gasteiger partial charge in [0.1, 0.15) is 0 Å². The molecule has 2 aliphatic carbocycles. The summed E-state index contributed by atoms with van der Waals surface area (Å²) >= 11 is 0.